The Morgan fingerprint density at radius 1 is 0.167 bits per heavy atom. The second kappa shape index (κ2) is 16.2. The van der Waals surface area contributed by atoms with Crippen molar-refractivity contribution in [2.24, 2.45) is 0 Å². The van der Waals surface area contributed by atoms with E-state index in [4.69, 9.17) is 0 Å². The van der Waals surface area contributed by atoms with Crippen LogP contribution in [0.4, 0.5) is 0 Å². The maximum absolute atomic E-state index is 2.59. The van der Waals surface area contributed by atoms with Gasteiger partial charge in [0, 0.05) is 0 Å². The highest BCUT2D eigenvalue weighted by Crippen LogP contribution is 2.52. The lowest BCUT2D eigenvalue weighted by atomic mass is 9.87. The van der Waals surface area contributed by atoms with E-state index in [9.17, 15) is 0 Å². The van der Waals surface area contributed by atoms with E-state index in [1.807, 2.05) is 0 Å². The Morgan fingerprint density at radius 3 is 0.731 bits per heavy atom. The van der Waals surface area contributed by atoms with Crippen LogP contribution >= 0.6 is 0 Å². The number of hydrogen-bond donors (Lipinski definition) is 0. The number of benzene rings is 14. The van der Waals surface area contributed by atoms with Gasteiger partial charge in [-0.3, -0.25) is 0 Å². The predicted octanol–water partition coefficient (Wildman–Crippen LogP) is 22.4. The molecule has 0 N–H and O–H groups in total. The van der Waals surface area contributed by atoms with Crippen LogP contribution < -0.4 is 0 Å². The topological polar surface area (TPSA) is 0 Å². The SMILES string of the molecule is Cc1ccc2c(-c3ccc4c(c3)c3cc5c(cc6c7cc(-c8c(C)ccc9cc(C)ccc89)ccc7c7cc(-c8c(C)ccc9cc(C)ccc89)cc5c76)c5cc(-c6c(C)ccc7cc(C)ccc67)cc4c53)c(C)ccc2c1. The molecule has 0 radical (unpaired) electrons. The van der Waals surface area contributed by atoms with E-state index in [1.165, 1.54) is 208 Å². The molecule has 0 saturated heterocycles. The van der Waals surface area contributed by atoms with Crippen LogP contribution in [0.5, 0.6) is 0 Å². The van der Waals surface area contributed by atoms with Crippen molar-refractivity contribution >= 4 is 118 Å². The number of hydrogen-bond acceptors (Lipinski definition) is 0. The number of fused-ring (bicyclic) bond motifs is 13. The fourth-order valence-electron chi connectivity index (χ4n) is 14.5. The molecule has 78 heavy (non-hydrogen) atoms. The van der Waals surface area contributed by atoms with Crippen molar-refractivity contribution in [3.63, 3.8) is 0 Å². The largest absolute Gasteiger partial charge is 0.0587 e. The number of aryl methyl sites for hydroxylation is 8. The van der Waals surface area contributed by atoms with Crippen LogP contribution in [0.2, 0.25) is 0 Å². The molecule has 0 spiro atoms. The second-order valence-electron chi connectivity index (χ2n) is 23.3. The summed E-state index contributed by atoms with van der Waals surface area (Å²) < 4.78 is 0. The smallest absolute Gasteiger partial charge is 0.00195 e. The van der Waals surface area contributed by atoms with Crippen molar-refractivity contribution in [3.8, 4) is 44.5 Å². The summed E-state index contributed by atoms with van der Waals surface area (Å²) in [5.41, 5.74) is 20.5. The van der Waals surface area contributed by atoms with Crippen molar-refractivity contribution in [1.29, 1.82) is 0 Å². The standard InChI is InChI=1S/C78H56/c1-41-9-23-57-49(29-41)17-13-45(5)73(57)53-21-27-61-63(33-53)71-39-65-66(69-37-55(35-67(61)77(69)71)75-47(7)15-19-51-31-43(3)11-25-59(51)75)40-72-64-34-54(74-46(6)14-18-50-30-42(2)10-24-58(50)74)22-28-62(64)68-36-56(38-70(65)78(68)72)76-48(8)16-20-52-32-44(4)12-26-60(52)76/h9-40H,1-8H3. The molecule has 16 aromatic carbocycles. The van der Waals surface area contributed by atoms with Crippen LogP contribution in [-0.2, 0) is 0 Å². The van der Waals surface area contributed by atoms with Gasteiger partial charge in [-0.2, -0.15) is 0 Å². The average molecular weight is 993 g/mol. The first-order valence-corrected chi connectivity index (χ1v) is 27.8. The molecule has 0 fully saturated rings. The van der Waals surface area contributed by atoms with Gasteiger partial charge in [-0.25, -0.2) is 0 Å². The predicted molar refractivity (Wildman–Crippen MR) is 341 cm³/mol. The summed E-state index contributed by atoms with van der Waals surface area (Å²) in [7, 11) is 0. The monoisotopic (exact) mass is 992 g/mol. The van der Waals surface area contributed by atoms with Crippen LogP contribution in [0.3, 0.4) is 0 Å². The zero-order chi connectivity index (χ0) is 52.6. The fraction of sp³-hybridized carbons (Fsp3) is 0.103. The molecule has 0 aliphatic carbocycles. The van der Waals surface area contributed by atoms with E-state index in [2.05, 4.69) is 250 Å². The Balaban J connectivity index is 1.09. The summed E-state index contributed by atoms with van der Waals surface area (Å²) in [5.74, 6) is 0. The normalized spacial score (nSPS) is 12.4. The summed E-state index contributed by atoms with van der Waals surface area (Å²) in [5, 5.41) is 28.6. The summed E-state index contributed by atoms with van der Waals surface area (Å²) in [4.78, 5) is 0. The molecule has 0 aliphatic heterocycles. The second-order valence-corrected chi connectivity index (χ2v) is 23.3. The molecule has 16 rings (SSSR count). The van der Waals surface area contributed by atoms with Crippen molar-refractivity contribution in [3.05, 3.63) is 239 Å². The van der Waals surface area contributed by atoms with Crippen LogP contribution in [0.1, 0.15) is 44.5 Å². The average Bonchev–Trinajstić information content (AvgIpc) is 3.28. The molecule has 0 nitrogen and oxygen atoms in total. The lowest BCUT2D eigenvalue weighted by molar-refractivity contribution is 1.47. The first-order chi connectivity index (χ1) is 37.9. The highest BCUT2D eigenvalue weighted by atomic mass is 14.3. The zero-order valence-corrected chi connectivity index (χ0v) is 45.5. The van der Waals surface area contributed by atoms with Crippen molar-refractivity contribution in [1.82, 2.24) is 0 Å². The van der Waals surface area contributed by atoms with Crippen LogP contribution in [0, 0.1) is 55.4 Å². The molecule has 0 bridgehead atoms. The van der Waals surface area contributed by atoms with E-state index in [1.54, 1.807) is 0 Å². The van der Waals surface area contributed by atoms with Gasteiger partial charge < -0.3 is 0 Å². The highest BCUT2D eigenvalue weighted by molar-refractivity contribution is 6.42. The summed E-state index contributed by atoms with van der Waals surface area (Å²) in [6, 6.07) is 76.2. The first kappa shape index (κ1) is 45.1. The molecule has 0 saturated carbocycles. The Hall–Kier alpha value is -9.10. The minimum atomic E-state index is 1.26. The van der Waals surface area contributed by atoms with Gasteiger partial charge in [-0.1, -0.05) is 168 Å². The maximum atomic E-state index is 2.59. The zero-order valence-electron chi connectivity index (χ0n) is 45.5. The van der Waals surface area contributed by atoms with Gasteiger partial charge in [-0.05, 0) is 289 Å². The molecule has 0 heterocycles. The number of rotatable bonds is 4. The quantitative estimate of drug-likeness (QED) is 0.154. The third-order valence-electron chi connectivity index (χ3n) is 18.2. The summed E-state index contributed by atoms with van der Waals surface area (Å²) in [6.07, 6.45) is 0. The molecule has 0 aromatic heterocycles. The van der Waals surface area contributed by atoms with Crippen molar-refractivity contribution in [2.75, 3.05) is 0 Å². The van der Waals surface area contributed by atoms with Gasteiger partial charge >= 0.3 is 0 Å². The van der Waals surface area contributed by atoms with Crippen LogP contribution in [0.15, 0.2) is 194 Å². The summed E-state index contributed by atoms with van der Waals surface area (Å²) in [6.45, 7) is 17.9. The maximum Gasteiger partial charge on any atom is -0.00195 e. The van der Waals surface area contributed by atoms with Crippen molar-refractivity contribution < 1.29 is 0 Å². The minimum Gasteiger partial charge on any atom is -0.0587 e. The molecule has 0 heteroatoms. The Kier molecular flexibility index (Phi) is 9.38. The van der Waals surface area contributed by atoms with Crippen molar-refractivity contribution in [2.45, 2.75) is 55.4 Å². The summed E-state index contributed by atoms with van der Waals surface area (Å²) >= 11 is 0. The van der Waals surface area contributed by atoms with E-state index >= 15 is 0 Å². The lowest BCUT2D eigenvalue weighted by Gasteiger charge is -2.16. The van der Waals surface area contributed by atoms with Gasteiger partial charge in [0.15, 0.2) is 0 Å². The molecule has 0 aliphatic rings. The molecule has 16 aromatic rings. The minimum absolute atomic E-state index is 1.26. The van der Waals surface area contributed by atoms with Gasteiger partial charge in [0.1, 0.15) is 0 Å². The third-order valence-corrected chi connectivity index (χ3v) is 18.2. The Morgan fingerprint density at radius 2 is 0.410 bits per heavy atom. The highest BCUT2D eigenvalue weighted by Gasteiger charge is 2.24. The molecule has 0 atom stereocenters. The Labute approximate surface area is 454 Å². The molecule has 0 unspecified atom stereocenters. The van der Waals surface area contributed by atoms with E-state index in [0.717, 1.165) is 0 Å². The molecule has 368 valence electrons. The third kappa shape index (κ3) is 6.41. The van der Waals surface area contributed by atoms with Gasteiger partial charge in [0.2, 0.25) is 0 Å². The van der Waals surface area contributed by atoms with Gasteiger partial charge in [0.05, 0.1) is 0 Å². The van der Waals surface area contributed by atoms with E-state index in [0.29, 0.717) is 0 Å². The molecule has 0 amide bonds. The van der Waals surface area contributed by atoms with Crippen LogP contribution in [0.25, 0.3) is 163 Å². The Bertz CT molecular complexity index is 5000. The van der Waals surface area contributed by atoms with Gasteiger partial charge in [-0.15, -0.1) is 0 Å². The van der Waals surface area contributed by atoms with E-state index in [-0.39, 0.29) is 0 Å². The first-order valence-electron chi connectivity index (χ1n) is 27.8. The van der Waals surface area contributed by atoms with Gasteiger partial charge in [0.25, 0.3) is 0 Å². The van der Waals surface area contributed by atoms with E-state index < -0.39 is 0 Å². The molecular weight excluding hydrogens is 937 g/mol. The fourth-order valence-corrected chi connectivity index (χ4v) is 14.5. The molecular formula is C78H56. The lowest BCUT2D eigenvalue weighted by Crippen LogP contribution is -1.90. The van der Waals surface area contributed by atoms with Crippen LogP contribution in [-0.4, -0.2) is 0 Å².